The van der Waals surface area contributed by atoms with Crippen LogP contribution in [0.15, 0.2) is 23.1 Å². The minimum atomic E-state index is -1.57. The molecule has 1 aromatic carbocycles. The van der Waals surface area contributed by atoms with Crippen LogP contribution in [0.1, 0.15) is 10.4 Å². The van der Waals surface area contributed by atoms with Crippen molar-refractivity contribution in [1.29, 1.82) is 0 Å². The molecular formula is C9H8O4S. The zero-order valence-corrected chi connectivity index (χ0v) is 8.17. The molecule has 0 aliphatic heterocycles. The smallest absolute Gasteiger partial charge is 0.377 e. The maximum absolute atomic E-state index is 11.0. The van der Waals surface area contributed by atoms with E-state index in [0.717, 1.165) is 4.90 Å². The number of carbonyl (C=O) groups excluding carboxylic acids is 1. The van der Waals surface area contributed by atoms with Crippen LogP contribution in [0.2, 0.25) is 0 Å². The summed E-state index contributed by atoms with van der Waals surface area (Å²) >= 11 is 1.39. The van der Waals surface area contributed by atoms with Crippen molar-refractivity contribution in [1.82, 2.24) is 0 Å². The molecule has 14 heavy (non-hydrogen) atoms. The number of aliphatic carboxylic acids is 1. The van der Waals surface area contributed by atoms with Gasteiger partial charge in [0.15, 0.2) is 0 Å². The van der Waals surface area contributed by atoms with Crippen molar-refractivity contribution in [3.05, 3.63) is 23.8 Å². The summed E-state index contributed by atoms with van der Waals surface area (Å²) in [5, 5.41) is 17.8. The summed E-state index contributed by atoms with van der Waals surface area (Å²) < 4.78 is 0. The van der Waals surface area contributed by atoms with Crippen molar-refractivity contribution < 1.29 is 19.8 Å². The SMILES string of the molecule is CSc1ccc(C(=O)C(=O)O)c(O)c1. The molecule has 5 heteroatoms. The number of carbonyl (C=O) groups is 2. The van der Waals surface area contributed by atoms with Gasteiger partial charge in [-0.15, -0.1) is 11.8 Å². The molecule has 0 bridgehead atoms. The van der Waals surface area contributed by atoms with Crippen LogP contribution in [0.25, 0.3) is 0 Å². The highest BCUT2D eigenvalue weighted by Gasteiger charge is 2.18. The number of benzene rings is 1. The number of aromatic hydroxyl groups is 1. The normalized spacial score (nSPS) is 9.79. The third-order valence-electron chi connectivity index (χ3n) is 1.64. The highest BCUT2D eigenvalue weighted by atomic mass is 32.2. The minimum absolute atomic E-state index is 0.185. The fourth-order valence-corrected chi connectivity index (χ4v) is 1.38. The van der Waals surface area contributed by atoms with Gasteiger partial charge in [-0.05, 0) is 24.5 Å². The lowest BCUT2D eigenvalue weighted by Crippen LogP contribution is -2.12. The van der Waals surface area contributed by atoms with Gasteiger partial charge in [0.05, 0.1) is 5.56 Å². The molecule has 0 aliphatic carbocycles. The maximum atomic E-state index is 11.0. The Kier molecular flexibility index (Phi) is 3.14. The molecular weight excluding hydrogens is 204 g/mol. The first kappa shape index (κ1) is 10.6. The van der Waals surface area contributed by atoms with E-state index in [0.29, 0.717) is 0 Å². The molecule has 0 atom stereocenters. The lowest BCUT2D eigenvalue weighted by molar-refractivity contribution is -0.131. The highest BCUT2D eigenvalue weighted by molar-refractivity contribution is 7.98. The first-order valence-electron chi connectivity index (χ1n) is 3.71. The summed E-state index contributed by atoms with van der Waals surface area (Å²) in [6.07, 6.45) is 1.81. The molecule has 2 N–H and O–H groups in total. The standard InChI is InChI=1S/C9H8O4S/c1-14-5-2-3-6(7(10)4-5)8(11)9(12)13/h2-4,10H,1H3,(H,12,13). The number of Topliss-reactive ketones (excluding diaryl/α,β-unsaturated/α-hetero) is 1. The molecule has 0 saturated carbocycles. The Balaban J connectivity index is 3.12. The van der Waals surface area contributed by atoms with Gasteiger partial charge in [0.1, 0.15) is 5.75 Å². The van der Waals surface area contributed by atoms with Crippen LogP contribution in [-0.4, -0.2) is 28.2 Å². The van der Waals surface area contributed by atoms with Crippen molar-refractivity contribution in [3.63, 3.8) is 0 Å². The van der Waals surface area contributed by atoms with Crippen LogP contribution in [0.4, 0.5) is 0 Å². The molecule has 0 fully saturated rings. The monoisotopic (exact) mass is 212 g/mol. The van der Waals surface area contributed by atoms with Crippen molar-refractivity contribution in [2.75, 3.05) is 6.26 Å². The van der Waals surface area contributed by atoms with Gasteiger partial charge in [-0.3, -0.25) is 4.79 Å². The second-order valence-electron chi connectivity index (χ2n) is 2.52. The topological polar surface area (TPSA) is 74.6 Å². The Labute approximate surface area is 84.6 Å². The first-order chi connectivity index (χ1) is 6.56. The molecule has 0 spiro atoms. The zero-order valence-electron chi connectivity index (χ0n) is 7.35. The number of rotatable bonds is 3. The van der Waals surface area contributed by atoms with Crippen LogP contribution in [-0.2, 0) is 4.79 Å². The Bertz CT molecular complexity index is 386. The second kappa shape index (κ2) is 4.15. The number of ketones is 1. The van der Waals surface area contributed by atoms with Crippen molar-refractivity contribution >= 4 is 23.5 Å². The number of carboxylic acid groups (broad SMARTS) is 1. The number of phenolic OH excluding ortho intramolecular Hbond substituents is 1. The van der Waals surface area contributed by atoms with E-state index in [1.807, 2.05) is 6.26 Å². The lowest BCUT2D eigenvalue weighted by Gasteiger charge is -2.02. The van der Waals surface area contributed by atoms with Gasteiger partial charge in [-0.1, -0.05) is 0 Å². The van der Waals surface area contributed by atoms with Crippen LogP contribution in [0, 0.1) is 0 Å². The predicted octanol–water partition coefficient (Wildman–Crippen LogP) is 1.38. The number of hydrogen-bond donors (Lipinski definition) is 2. The van der Waals surface area contributed by atoms with E-state index in [1.165, 1.54) is 23.9 Å². The number of thioether (sulfide) groups is 1. The predicted molar refractivity (Wildman–Crippen MR) is 51.9 cm³/mol. The fourth-order valence-electron chi connectivity index (χ4n) is 0.946. The van der Waals surface area contributed by atoms with Gasteiger partial charge in [0.2, 0.25) is 0 Å². The van der Waals surface area contributed by atoms with Gasteiger partial charge in [0, 0.05) is 4.90 Å². The number of carboxylic acids is 1. The summed E-state index contributed by atoms with van der Waals surface area (Å²) in [6, 6.07) is 4.25. The molecule has 74 valence electrons. The van der Waals surface area contributed by atoms with Crippen LogP contribution < -0.4 is 0 Å². The number of phenols is 1. The van der Waals surface area contributed by atoms with Gasteiger partial charge >= 0.3 is 5.97 Å². The summed E-state index contributed by atoms with van der Waals surface area (Å²) in [6.45, 7) is 0. The van der Waals surface area contributed by atoms with E-state index < -0.39 is 11.8 Å². The summed E-state index contributed by atoms with van der Waals surface area (Å²) in [4.78, 5) is 22.1. The van der Waals surface area contributed by atoms with Gasteiger partial charge in [-0.25, -0.2) is 4.79 Å². The van der Waals surface area contributed by atoms with Gasteiger partial charge in [-0.2, -0.15) is 0 Å². The maximum Gasteiger partial charge on any atom is 0.377 e. The molecule has 0 aliphatic rings. The van der Waals surface area contributed by atoms with E-state index in [-0.39, 0.29) is 11.3 Å². The van der Waals surface area contributed by atoms with Crippen LogP contribution in [0.5, 0.6) is 5.75 Å². The first-order valence-corrected chi connectivity index (χ1v) is 4.93. The van der Waals surface area contributed by atoms with E-state index in [9.17, 15) is 14.7 Å². The Morgan fingerprint density at radius 1 is 1.36 bits per heavy atom. The molecule has 0 radical (unpaired) electrons. The molecule has 1 rings (SSSR count). The minimum Gasteiger partial charge on any atom is -0.507 e. The van der Waals surface area contributed by atoms with Crippen molar-refractivity contribution in [3.8, 4) is 5.75 Å². The molecule has 4 nitrogen and oxygen atoms in total. The van der Waals surface area contributed by atoms with E-state index in [2.05, 4.69) is 0 Å². The molecule has 0 unspecified atom stereocenters. The van der Waals surface area contributed by atoms with E-state index in [1.54, 1.807) is 6.07 Å². The zero-order chi connectivity index (χ0) is 10.7. The fraction of sp³-hybridized carbons (Fsp3) is 0.111. The van der Waals surface area contributed by atoms with Crippen molar-refractivity contribution in [2.24, 2.45) is 0 Å². The Hall–Kier alpha value is -1.49. The highest BCUT2D eigenvalue weighted by Crippen LogP contribution is 2.24. The van der Waals surface area contributed by atoms with Crippen molar-refractivity contribution in [2.45, 2.75) is 4.90 Å². The summed E-state index contributed by atoms with van der Waals surface area (Å²) in [7, 11) is 0. The largest absolute Gasteiger partial charge is 0.507 e. The van der Waals surface area contributed by atoms with E-state index in [4.69, 9.17) is 5.11 Å². The average Bonchev–Trinajstić information content (AvgIpc) is 2.16. The number of hydrogen-bond acceptors (Lipinski definition) is 4. The second-order valence-corrected chi connectivity index (χ2v) is 3.40. The summed E-state index contributed by atoms with van der Waals surface area (Å²) in [5.41, 5.74) is -0.185. The van der Waals surface area contributed by atoms with E-state index >= 15 is 0 Å². The molecule has 0 aromatic heterocycles. The Morgan fingerprint density at radius 3 is 2.43 bits per heavy atom. The Morgan fingerprint density at radius 2 is 2.00 bits per heavy atom. The average molecular weight is 212 g/mol. The summed E-state index contributed by atoms with van der Waals surface area (Å²) in [5.74, 6) is -2.98. The molecule has 1 aromatic rings. The van der Waals surface area contributed by atoms with Crippen LogP contribution in [0.3, 0.4) is 0 Å². The molecule has 0 amide bonds. The lowest BCUT2D eigenvalue weighted by atomic mass is 10.1. The van der Waals surface area contributed by atoms with Crippen LogP contribution >= 0.6 is 11.8 Å². The molecule has 0 heterocycles. The van der Waals surface area contributed by atoms with Gasteiger partial charge < -0.3 is 10.2 Å². The third kappa shape index (κ3) is 2.05. The quantitative estimate of drug-likeness (QED) is 0.450. The third-order valence-corrected chi connectivity index (χ3v) is 2.37. The van der Waals surface area contributed by atoms with Gasteiger partial charge in [0.25, 0.3) is 5.78 Å². The molecule has 0 saturated heterocycles.